The van der Waals surface area contributed by atoms with Gasteiger partial charge in [0.25, 0.3) is 0 Å². The van der Waals surface area contributed by atoms with Crippen LogP contribution in [0.25, 0.3) is 0 Å². The third kappa shape index (κ3) is 5.11. The van der Waals surface area contributed by atoms with Crippen LogP contribution < -0.4 is 0 Å². The molecule has 0 saturated carbocycles. The van der Waals surface area contributed by atoms with E-state index in [0.29, 0.717) is 19.6 Å². The highest BCUT2D eigenvalue weighted by Gasteiger charge is 2.39. The molecule has 5 heteroatoms. The summed E-state index contributed by atoms with van der Waals surface area (Å²) in [6.45, 7) is 13.9. The van der Waals surface area contributed by atoms with Crippen molar-refractivity contribution in [2.45, 2.75) is 83.2 Å². The van der Waals surface area contributed by atoms with Crippen molar-refractivity contribution < 1.29 is 14.7 Å². The molecule has 4 nitrogen and oxygen atoms in total. The van der Waals surface area contributed by atoms with Gasteiger partial charge in [0.15, 0.2) is 8.32 Å². The zero-order valence-electron chi connectivity index (χ0n) is 14.1. The molecule has 1 aliphatic heterocycles. The molecule has 0 spiro atoms. The molecule has 1 aliphatic rings. The molecule has 0 unspecified atom stereocenters. The first-order valence-electron chi connectivity index (χ1n) is 7.76. The number of piperidine rings is 1. The molecule has 0 radical (unpaired) electrons. The maximum atomic E-state index is 10.6. The zero-order chi connectivity index (χ0) is 15.6. The Labute approximate surface area is 125 Å². The number of hydrogen-bond donors (Lipinski definition) is 2. The van der Waals surface area contributed by atoms with E-state index in [1.807, 2.05) is 6.92 Å². The van der Waals surface area contributed by atoms with Gasteiger partial charge in [0.1, 0.15) is 0 Å². The van der Waals surface area contributed by atoms with Crippen LogP contribution in [0.5, 0.6) is 0 Å². The van der Waals surface area contributed by atoms with Gasteiger partial charge in [0.2, 0.25) is 0 Å². The lowest BCUT2D eigenvalue weighted by molar-refractivity contribution is -0.160. The highest BCUT2D eigenvalue weighted by atomic mass is 28.4. The molecule has 1 fully saturated rings. The van der Waals surface area contributed by atoms with E-state index < -0.39 is 13.9 Å². The van der Waals surface area contributed by atoms with Gasteiger partial charge in [0, 0.05) is 12.6 Å². The molecule has 0 aromatic carbocycles. The van der Waals surface area contributed by atoms with E-state index in [-0.39, 0.29) is 11.1 Å². The summed E-state index contributed by atoms with van der Waals surface area (Å²) in [6, 6.07) is 0.0572. The van der Waals surface area contributed by atoms with E-state index in [0.717, 1.165) is 19.3 Å². The molecule has 0 amide bonds. The predicted octanol–water partition coefficient (Wildman–Crippen LogP) is 3.39. The van der Waals surface area contributed by atoms with Gasteiger partial charge in [-0.1, -0.05) is 27.2 Å². The largest absolute Gasteiger partial charge is 0.414 e. The number of aliphatic hydroxyl groups is 1. The minimum atomic E-state index is -1.83. The van der Waals surface area contributed by atoms with Crippen molar-refractivity contribution in [1.82, 2.24) is 5.06 Å². The summed E-state index contributed by atoms with van der Waals surface area (Å²) in [7, 11) is -1.83. The Morgan fingerprint density at radius 1 is 1.20 bits per heavy atom. The SMILES string of the molecule is CC(C)(C)[Si](C)(C)OC[C@@](C)(O)C[C@H]1CCCCN1O. The molecular formula is C15H33NO3Si. The Morgan fingerprint density at radius 3 is 2.30 bits per heavy atom. The molecule has 20 heavy (non-hydrogen) atoms. The van der Waals surface area contributed by atoms with Crippen LogP contribution in [0.2, 0.25) is 18.1 Å². The smallest absolute Gasteiger partial charge is 0.192 e. The molecule has 2 atom stereocenters. The summed E-state index contributed by atoms with van der Waals surface area (Å²) in [5.41, 5.74) is -0.876. The topological polar surface area (TPSA) is 52.9 Å². The third-order valence-electron chi connectivity index (χ3n) is 4.82. The zero-order valence-corrected chi connectivity index (χ0v) is 15.1. The Morgan fingerprint density at radius 2 is 1.80 bits per heavy atom. The first kappa shape index (κ1) is 18.1. The van der Waals surface area contributed by atoms with Crippen molar-refractivity contribution in [2.24, 2.45) is 0 Å². The predicted molar refractivity (Wildman–Crippen MR) is 84.5 cm³/mol. The summed E-state index contributed by atoms with van der Waals surface area (Å²) in [5.74, 6) is 0. The van der Waals surface area contributed by atoms with Crippen molar-refractivity contribution in [2.75, 3.05) is 13.2 Å². The first-order valence-corrected chi connectivity index (χ1v) is 10.7. The molecule has 1 saturated heterocycles. The van der Waals surface area contributed by atoms with Gasteiger partial charge in [-0.25, -0.2) is 0 Å². The van der Waals surface area contributed by atoms with Crippen LogP contribution in [0, 0.1) is 0 Å². The summed E-state index contributed by atoms with van der Waals surface area (Å²) >= 11 is 0. The quantitative estimate of drug-likeness (QED) is 0.764. The normalized spacial score (nSPS) is 25.5. The average molecular weight is 304 g/mol. The van der Waals surface area contributed by atoms with E-state index in [9.17, 15) is 10.3 Å². The number of nitrogens with zero attached hydrogens (tertiary/aromatic N) is 1. The van der Waals surface area contributed by atoms with Gasteiger partial charge in [0.05, 0.1) is 12.2 Å². The molecule has 0 aliphatic carbocycles. The summed E-state index contributed by atoms with van der Waals surface area (Å²) < 4.78 is 6.12. The second-order valence-electron chi connectivity index (χ2n) is 8.06. The van der Waals surface area contributed by atoms with Gasteiger partial charge < -0.3 is 14.7 Å². The van der Waals surface area contributed by atoms with Gasteiger partial charge in [-0.05, 0) is 44.3 Å². The van der Waals surface area contributed by atoms with E-state index in [2.05, 4.69) is 33.9 Å². The van der Waals surface area contributed by atoms with Crippen LogP contribution in [-0.4, -0.2) is 48.5 Å². The third-order valence-corrected chi connectivity index (χ3v) is 9.30. The second kappa shape index (κ2) is 6.44. The van der Waals surface area contributed by atoms with E-state index >= 15 is 0 Å². The molecule has 120 valence electrons. The summed E-state index contributed by atoms with van der Waals surface area (Å²) in [6.07, 6.45) is 3.68. The standard InChI is InChI=1S/C15H33NO3Si/c1-14(2,3)20(5,6)19-12-15(4,17)11-13-9-7-8-10-16(13)18/h13,17-18H,7-12H2,1-6H3/t13-,15+/m1/s1. The van der Waals surface area contributed by atoms with Crippen molar-refractivity contribution in [3.8, 4) is 0 Å². The van der Waals surface area contributed by atoms with Crippen LogP contribution in [0.1, 0.15) is 53.4 Å². The van der Waals surface area contributed by atoms with Gasteiger partial charge in [-0.15, -0.1) is 0 Å². The van der Waals surface area contributed by atoms with E-state index in [4.69, 9.17) is 4.43 Å². The number of hydrogen-bond acceptors (Lipinski definition) is 4. The van der Waals surface area contributed by atoms with E-state index in [1.54, 1.807) is 0 Å². The van der Waals surface area contributed by atoms with Crippen molar-refractivity contribution in [3.63, 3.8) is 0 Å². The molecule has 0 bridgehead atoms. The average Bonchev–Trinajstić information content (AvgIpc) is 2.28. The minimum Gasteiger partial charge on any atom is -0.414 e. The fourth-order valence-corrected chi connectivity index (χ4v) is 3.42. The Kier molecular flexibility index (Phi) is 5.83. The second-order valence-corrected chi connectivity index (χ2v) is 12.9. The van der Waals surface area contributed by atoms with Crippen molar-refractivity contribution in [3.05, 3.63) is 0 Å². The Balaban J connectivity index is 2.53. The van der Waals surface area contributed by atoms with Gasteiger partial charge >= 0.3 is 0 Å². The molecular weight excluding hydrogens is 270 g/mol. The molecule has 0 aromatic heterocycles. The molecule has 0 aromatic rings. The van der Waals surface area contributed by atoms with Crippen LogP contribution in [0.4, 0.5) is 0 Å². The minimum absolute atomic E-state index is 0.0572. The lowest BCUT2D eigenvalue weighted by Gasteiger charge is -2.40. The summed E-state index contributed by atoms with van der Waals surface area (Å²) in [5, 5.41) is 22.0. The van der Waals surface area contributed by atoms with Crippen LogP contribution in [0.15, 0.2) is 0 Å². The lowest BCUT2D eigenvalue weighted by Crippen LogP contribution is -2.48. The maximum Gasteiger partial charge on any atom is 0.192 e. The highest BCUT2D eigenvalue weighted by Crippen LogP contribution is 2.37. The molecule has 2 N–H and O–H groups in total. The fraction of sp³-hybridized carbons (Fsp3) is 1.00. The van der Waals surface area contributed by atoms with Crippen molar-refractivity contribution in [1.29, 1.82) is 0 Å². The van der Waals surface area contributed by atoms with Gasteiger partial charge in [-0.2, -0.15) is 5.06 Å². The van der Waals surface area contributed by atoms with Crippen molar-refractivity contribution >= 4 is 8.32 Å². The lowest BCUT2D eigenvalue weighted by atomic mass is 9.92. The Hall–Kier alpha value is 0.0569. The molecule has 1 rings (SSSR count). The fourth-order valence-electron chi connectivity index (χ4n) is 2.31. The first-order chi connectivity index (χ1) is 8.95. The van der Waals surface area contributed by atoms with Crippen LogP contribution in [0.3, 0.4) is 0 Å². The number of hydroxylamine groups is 2. The highest BCUT2D eigenvalue weighted by molar-refractivity contribution is 6.74. The Bertz CT molecular complexity index is 313. The monoisotopic (exact) mass is 303 g/mol. The number of rotatable bonds is 5. The molecule has 1 heterocycles. The van der Waals surface area contributed by atoms with Gasteiger partial charge in [-0.3, -0.25) is 0 Å². The van der Waals surface area contributed by atoms with Crippen LogP contribution in [-0.2, 0) is 4.43 Å². The van der Waals surface area contributed by atoms with Crippen LogP contribution >= 0.6 is 0 Å². The summed E-state index contributed by atoms with van der Waals surface area (Å²) in [4.78, 5) is 0. The maximum absolute atomic E-state index is 10.6. The van der Waals surface area contributed by atoms with E-state index in [1.165, 1.54) is 5.06 Å².